The Kier molecular flexibility index (Phi) is 5.95. The van der Waals surface area contributed by atoms with E-state index in [-0.39, 0.29) is 29.0 Å². The number of primary sulfonamides is 1. The second kappa shape index (κ2) is 7.76. The maximum Gasteiger partial charge on any atom is 0.238 e. The van der Waals surface area contributed by atoms with Crippen LogP contribution in [0.1, 0.15) is 25.3 Å². The van der Waals surface area contributed by atoms with Gasteiger partial charge in [-0.25, -0.2) is 13.6 Å². The van der Waals surface area contributed by atoms with E-state index in [0.717, 1.165) is 12.0 Å². The fraction of sp³-hybridized carbons (Fsp3) is 0.500. The highest BCUT2D eigenvalue weighted by molar-refractivity contribution is 7.89. The van der Waals surface area contributed by atoms with E-state index in [4.69, 9.17) is 5.14 Å². The van der Waals surface area contributed by atoms with Gasteiger partial charge in [-0.1, -0.05) is 19.1 Å². The van der Waals surface area contributed by atoms with Crippen LogP contribution < -0.4 is 10.5 Å². The van der Waals surface area contributed by atoms with Gasteiger partial charge in [0, 0.05) is 26.1 Å². The quantitative estimate of drug-likeness (QED) is 0.732. The zero-order valence-electron chi connectivity index (χ0n) is 13.7. The molecule has 0 aliphatic carbocycles. The van der Waals surface area contributed by atoms with Crippen molar-refractivity contribution in [2.75, 3.05) is 19.6 Å². The number of nitrogens with two attached hydrogens (primary N) is 1. The van der Waals surface area contributed by atoms with E-state index in [2.05, 4.69) is 5.32 Å². The lowest BCUT2D eigenvalue weighted by molar-refractivity contribution is -0.129. The van der Waals surface area contributed by atoms with Gasteiger partial charge in [-0.3, -0.25) is 9.59 Å². The van der Waals surface area contributed by atoms with E-state index in [1.54, 1.807) is 17.0 Å². The van der Waals surface area contributed by atoms with Crippen molar-refractivity contribution >= 4 is 21.8 Å². The van der Waals surface area contributed by atoms with Gasteiger partial charge in [-0.2, -0.15) is 0 Å². The van der Waals surface area contributed by atoms with Gasteiger partial charge in [-0.05, 0) is 30.5 Å². The highest BCUT2D eigenvalue weighted by Crippen LogP contribution is 2.18. The molecule has 1 atom stereocenters. The number of likely N-dealkylation sites (tertiary alicyclic amines) is 1. The summed E-state index contributed by atoms with van der Waals surface area (Å²) in [6, 6.07) is 6.25. The number of nitrogens with one attached hydrogen (secondary N) is 1. The SMILES string of the molecule is CCCN1CC(C(=O)NCCc2ccc(S(N)(=O)=O)cc2)CC1=O. The third-order valence-electron chi connectivity index (χ3n) is 4.04. The molecule has 132 valence electrons. The number of hydrogen-bond donors (Lipinski definition) is 2. The predicted molar refractivity (Wildman–Crippen MR) is 89.5 cm³/mol. The molecule has 8 heteroatoms. The van der Waals surface area contributed by atoms with Crippen molar-refractivity contribution in [3.63, 3.8) is 0 Å². The number of rotatable bonds is 7. The summed E-state index contributed by atoms with van der Waals surface area (Å²) in [5.41, 5.74) is 0.901. The third-order valence-corrected chi connectivity index (χ3v) is 4.97. The molecule has 2 amide bonds. The summed E-state index contributed by atoms with van der Waals surface area (Å²) in [4.78, 5) is 25.7. The number of nitrogens with zero attached hydrogens (tertiary/aromatic N) is 1. The van der Waals surface area contributed by atoms with Gasteiger partial charge in [0.2, 0.25) is 21.8 Å². The first-order chi connectivity index (χ1) is 11.3. The first-order valence-electron chi connectivity index (χ1n) is 7.98. The third kappa shape index (κ3) is 4.78. The minimum atomic E-state index is -3.69. The second-order valence-electron chi connectivity index (χ2n) is 5.97. The molecule has 0 spiro atoms. The Morgan fingerprint density at radius 3 is 2.58 bits per heavy atom. The monoisotopic (exact) mass is 353 g/mol. The molecule has 24 heavy (non-hydrogen) atoms. The molecule has 1 saturated heterocycles. The molecule has 0 radical (unpaired) electrons. The molecule has 1 aromatic rings. The van der Waals surface area contributed by atoms with Crippen LogP contribution in [-0.2, 0) is 26.0 Å². The average Bonchev–Trinajstić information content (AvgIpc) is 2.88. The van der Waals surface area contributed by atoms with E-state index >= 15 is 0 Å². The van der Waals surface area contributed by atoms with Gasteiger partial charge in [0.1, 0.15) is 0 Å². The van der Waals surface area contributed by atoms with E-state index in [9.17, 15) is 18.0 Å². The Balaban J connectivity index is 1.80. The van der Waals surface area contributed by atoms with E-state index in [1.165, 1.54) is 12.1 Å². The lowest BCUT2D eigenvalue weighted by Gasteiger charge is -2.15. The van der Waals surface area contributed by atoms with Crippen molar-refractivity contribution in [2.24, 2.45) is 11.1 Å². The minimum Gasteiger partial charge on any atom is -0.355 e. The Labute approximate surface area is 142 Å². The molecule has 1 aromatic carbocycles. The molecule has 2 rings (SSSR count). The van der Waals surface area contributed by atoms with Crippen LogP contribution in [0.5, 0.6) is 0 Å². The summed E-state index contributed by atoms with van der Waals surface area (Å²) in [5.74, 6) is -0.354. The van der Waals surface area contributed by atoms with Crippen LogP contribution >= 0.6 is 0 Å². The highest BCUT2D eigenvalue weighted by Gasteiger charge is 2.33. The van der Waals surface area contributed by atoms with Crippen LogP contribution in [0.4, 0.5) is 0 Å². The van der Waals surface area contributed by atoms with E-state index in [1.807, 2.05) is 6.92 Å². The maximum atomic E-state index is 12.1. The maximum absolute atomic E-state index is 12.1. The van der Waals surface area contributed by atoms with Gasteiger partial charge in [0.05, 0.1) is 10.8 Å². The molecular weight excluding hydrogens is 330 g/mol. The number of amides is 2. The average molecular weight is 353 g/mol. The summed E-state index contributed by atoms with van der Waals surface area (Å²) in [6.07, 6.45) is 1.74. The van der Waals surface area contributed by atoms with Crippen LogP contribution in [0.3, 0.4) is 0 Å². The van der Waals surface area contributed by atoms with Crippen LogP contribution in [0.25, 0.3) is 0 Å². The van der Waals surface area contributed by atoms with Gasteiger partial charge in [0.15, 0.2) is 0 Å². The topological polar surface area (TPSA) is 110 Å². The van der Waals surface area contributed by atoms with Gasteiger partial charge in [0.25, 0.3) is 0 Å². The normalized spacial score (nSPS) is 18.0. The predicted octanol–water partition coefficient (Wildman–Crippen LogP) is 0.251. The van der Waals surface area contributed by atoms with Crippen molar-refractivity contribution in [2.45, 2.75) is 31.1 Å². The van der Waals surface area contributed by atoms with Crippen molar-refractivity contribution in [3.8, 4) is 0 Å². The summed E-state index contributed by atoms with van der Waals surface area (Å²) >= 11 is 0. The van der Waals surface area contributed by atoms with Crippen LogP contribution in [0, 0.1) is 5.92 Å². The molecule has 1 heterocycles. The molecule has 7 nitrogen and oxygen atoms in total. The lowest BCUT2D eigenvalue weighted by atomic mass is 10.1. The summed E-state index contributed by atoms with van der Waals surface area (Å²) < 4.78 is 22.4. The first-order valence-corrected chi connectivity index (χ1v) is 9.53. The fourth-order valence-electron chi connectivity index (χ4n) is 2.75. The van der Waals surface area contributed by atoms with E-state index < -0.39 is 10.0 Å². The van der Waals surface area contributed by atoms with Crippen molar-refractivity contribution < 1.29 is 18.0 Å². The van der Waals surface area contributed by atoms with E-state index in [0.29, 0.717) is 26.1 Å². The molecular formula is C16H23N3O4S. The number of hydrogen-bond acceptors (Lipinski definition) is 4. The lowest BCUT2D eigenvalue weighted by Crippen LogP contribution is -2.34. The smallest absolute Gasteiger partial charge is 0.238 e. The van der Waals surface area contributed by atoms with Crippen LogP contribution in [-0.4, -0.2) is 44.8 Å². The molecule has 0 saturated carbocycles. The zero-order valence-corrected chi connectivity index (χ0v) is 14.5. The fourth-order valence-corrected chi connectivity index (χ4v) is 3.27. The highest BCUT2D eigenvalue weighted by atomic mass is 32.2. The van der Waals surface area contributed by atoms with Crippen molar-refractivity contribution in [1.29, 1.82) is 0 Å². The Morgan fingerprint density at radius 1 is 1.33 bits per heavy atom. The Bertz CT molecular complexity index is 701. The van der Waals surface area contributed by atoms with Gasteiger partial charge < -0.3 is 10.2 Å². The van der Waals surface area contributed by atoms with Crippen molar-refractivity contribution in [3.05, 3.63) is 29.8 Å². The molecule has 3 N–H and O–H groups in total. The number of benzene rings is 1. The number of sulfonamides is 1. The largest absolute Gasteiger partial charge is 0.355 e. The molecule has 0 aromatic heterocycles. The Morgan fingerprint density at radius 2 is 2.00 bits per heavy atom. The molecule has 1 aliphatic heterocycles. The standard InChI is InChI=1S/C16H23N3O4S/c1-2-9-19-11-13(10-15(19)20)16(21)18-8-7-12-3-5-14(6-4-12)24(17,22)23/h3-6,13H,2,7-11H2,1H3,(H,18,21)(H2,17,22,23). The molecule has 1 unspecified atom stereocenters. The van der Waals surface area contributed by atoms with Gasteiger partial charge in [-0.15, -0.1) is 0 Å². The number of carbonyl (C=O) groups is 2. The van der Waals surface area contributed by atoms with Crippen LogP contribution in [0.15, 0.2) is 29.2 Å². The summed E-state index contributed by atoms with van der Waals surface area (Å²) in [5, 5.41) is 7.88. The number of carbonyl (C=O) groups excluding carboxylic acids is 2. The van der Waals surface area contributed by atoms with Crippen LogP contribution in [0.2, 0.25) is 0 Å². The summed E-state index contributed by atoms with van der Waals surface area (Å²) in [7, 11) is -3.69. The Hall–Kier alpha value is -1.93. The van der Waals surface area contributed by atoms with Gasteiger partial charge >= 0.3 is 0 Å². The minimum absolute atomic E-state index is 0.0376. The van der Waals surface area contributed by atoms with Crippen molar-refractivity contribution in [1.82, 2.24) is 10.2 Å². The zero-order chi connectivity index (χ0) is 17.7. The summed E-state index contributed by atoms with van der Waals surface area (Å²) in [6.45, 7) is 3.62. The second-order valence-corrected chi connectivity index (χ2v) is 7.53. The first kappa shape index (κ1) is 18.4. The molecule has 1 aliphatic rings. The molecule has 0 bridgehead atoms. The molecule has 1 fully saturated rings.